The second-order valence-corrected chi connectivity index (χ2v) is 7.21. The SMILES string of the molecule is CCN(CC)c1ccc(NC(=O)NCCCN2C(=O)c3ccccc3C2=O)c(C)c1. The smallest absolute Gasteiger partial charge is 0.319 e. The maximum absolute atomic E-state index is 12.3. The van der Waals surface area contributed by atoms with Crippen molar-refractivity contribution in [3.8, 4) is 0 Å². The van der Waals surface area contributed by atoms with Crippen LogP contribution in [-0.2, 0) is 0 Å². The summed E-state index contributed by atoms with van der Waals surface area (Å²) in [6.07, 6.45) is 0.485. The van der Waals surface area contributed by atoms with Gasteiger partial charge < -0.3 is 15.5 Å². The molecule has 7 heteroatoms. The van der Waals surface area contributed by atoms with Crippen LogP contribution >= 0.6 is 0 Å². The minimum atomic E-state index is -0.309. The number of hydrogen-bond donors (Lipinski definition) is 2. The molecule has 0 radical (unpaired) electrons. The zero-order valence-corrected chi connectivity index (χ0v) is 17.7. The van der Waals surface area contributed by atoms with Crippen LogP contribution in [0, 0.1) is 6.92 Å². The maximum atomic E-state index is 12.3. The fourth-order valence-corrected chi connectivity index (χ4v) is 3.62. The Hall–Kier alpha value is -3.35. The van der Waals surface area contributed by atoms with Crippen LogP contribution in [0.3, 0.4) is 0 Å². The van der Waals surface area contributed by atoms with E-state index in [-0.39, 0.29) is 24.4 Å². The van der Waals surface area contributed by atoms with Gasteiger partial charge in [0, 0.05) is 37.6 Å². The molecule has 0 saturated heterocycles. The van der Waals surface area contributed by atoms with Crippen LogP contribution in [0.4, 0.5) is 16.2 Å². The highest BCUT2D eigenvalue weighted by Gasteiger charge is 2.34. The highest BCUT2D eigenvalue weighted by atomic mass is 16.2. The number of carbonyl (C=O) groups is 3. The van der Waals surface area contributed by atoms with Crippen LogP contribution in [0.5, 0.6) is 0 Å². The van der Waals surface area contributed by atoms with Crippen molar-refractivity contribution in [2.75, 3.05) is 36.4 Å². The average molecular weight is 409 g/mol. The van der Waals surface area contributed by atoms with Gasteiger partial charge in [-0.1, -0.05) is 12.1 Å². The molecule has 2 N–H and O–H groups in total. The van der Waals surface area contributed by atoms with Crippen LogP contribution in [0.1, 0.15) is 46.5 Å². The van der Waals surface area contributed by atoms with Gasteiger partial charge in [0.15, 0.2) is 0 Å². The first-order chi connectivity index (χ1) is 14.5. The summed E-state index contributed by atoms with van der Waals surface area (Å²) >= 11 is 0. The lowest BCUT2D eigenvalue weighted by molar-refractivity contribution is 0.0653. The standard InChI is InChI=1S/C23H28N4O3/c1-4-26(5-2)17-11-12-20(16(3)15-17)25-23(30)24-13-8-14-27-21(28)18-9-6-7-10-19(18)22(27)29/h6-7,9-12,15H,4-5,8,13-14H2,1-3H3,(H2,24,25,30). The summed E-state index contributed by atoms with van der Waals surface area (Å²) in [4.78, 5) is 40.4. The normalized spacial score (nSPS) is 12.7. The molecule has 2 aromatic rings. The molecule has 0 fully saturated rings. The van der Waals surface area contributed by atoms with Crippen LogP contribution in [0.25, 0.3) is 0 Å². The third-order valence-electron chi connectivity index (χ3n) is 5.31. The van der Waals surface area contributed by atoms with Crippen LogP contribution in [-0.4, -0.2) is 48.9 Å². The number of rotatable bonds is 8. The number of urea groups is 1. The minimum absolute atomic E-state index is 0.268. The lowest BCUT2D eigenvalue weighted by atomic mass is 10.1. The molecule has 7 nitrogen and oxygen atoms in total. The van der Waals surface area contributed by atoms with E-state index in [9.17, 15) is 14.4 Å². The van der Waals surface area contributed by atoms with Crippen LogP contribution in [0.2, 0.25) is 0 Å². The molecule has 1 aliphatic rings. The minimum Gasteiger partial charge on any atom is -0.372 e. The molecule has 0 aliphatic carbocycles. The van der Waals surface area contributed by atoms with Crippen molar-refractivity contribution in [1.82, 2.24) is 10.2 Å². The van der Waals surface area contributed by atoms with E-state index in [1.807, 2.05) is 19.1 Å². The third kappa shape index (κ3) is 4.45. The summed E-state index contributed by atoms with van der Waals surface area (Å²) in [5.41, 5.74) is 3.75. The second kappa shape index (κ2) is 9.43. The van der Waals surface area contributed by atoms with Crippen molar-refractivity contribution >= 4 is 29.2 Å². The Kier molecular flexibility index (Phi) is 6.72. The first-order valence-corrected chi connectivity index (χ1v) is 10.3. The molecule has 0 spiro atoms. The molecule has 0 atom stereocenters. The van der Waals surface area contributed by atoms with Crippen molar-refractivity contribution in [3.63, 3.8) is 0 Å². The van der Waals surface area contributed by atoms with Gasteiger partial charge in [0.25, 0.3) is 11.8 Å². The number of carbonyl (C=O) groups excluding carboxylic acids is 3. The second-order valence-electron chi connectivity index (χ2n) is 7.21. The zero-order chi connectivity index (χ0) is 21.7. The Morgan fingerprint density at radius 1 is 1.00 bits per heavy atom. The number of anilines is 2. The van der Waals surface area contributed by atoms with Gasteiger partial charge in [0.05, 0.1) is 11.1 Å². The van der Waals surface area contributed by atoms with Crippen molar-refractivity contribution in [2.24, 2.45) is 0 Å². The highest BCUT2D eigenvalue weighted by molar-refractivity contribution is 6.21. The number of amides is 4. The number of nitrogens with one attached hydrogen (secondary N) is 2. The lowest BCUT2D eigenvalue weighted by Gasteiger charge is -2.22. The number of aryl methyl sites for hydroxylation is 1. The fraction of sp³-hybridized carbons (Fsp3) is 0.348. The topological polar surface area (TPSA) is 81.8 Å². The molecule has 1 heterocycles. The van der Waals surface area contributed by atoms with Gasteiger partial charge in [0.2, 0.25) is 0 Å². The molecule has 1 aliphatic heterocycles. The summed E-state index contributed by atoms with van der Waals surface area (Å²) in [5, 5.41) is 5.64. The number of imide groups is 1. The van der Waals surface area contributed by atoms with E-state index in [1.54, 1.807) is 24.3 Å². The van der Waals surface area contributed by atoms with Gasteiger partial charge in [-0.15, -0.1) is 0 Å². The maximum Gasteiger partial charge on any atom is 0.319 e. The Morgan fingerprint density at radius 3 is 2.20 bits per heavy atom. The van der Waals surface area contributed by atoms with E-state index in [0.29, 0.717) is 24.1 Å². The monoisotopic (exact) mass is 408 g/mol. The Labute approximate surface area is 177 Å². The largest absolute Gasteiger partial charge is 0.372 e. The zero-order valence-electron chi connectivity index (χ0n) is 17.7. The van der Waals surface area contributed by atoms with Gasteiger partial charge in [-0.05, 0) is 63.1 Å². The molecule has 30 heavy (non-hydrogen) atoms. The Balaban J connectivity index is 1.47. The molecule has 158 valence electrons. The van der Waals surface area contributed by atoms with Gasteiger partial charge >= 0.3 is 6.03 Å². The number of fused-ring (bicyclic) bond motifs is 1. The Bertz CT molecular complexity index is 918. The van der Waals surface area contributed by atoms with E-state index >= 15 is 0 Å². The summed E-state index contributed by atoms with van der Waals surface area (Å²) in [6.45, 7) is 8.67. The predicted molar refractivity (Wildman–Crippen MR) is 118 cm³/mol. The van der Waals surface area contributed by atoms with E-state index in [4.69, 9.17) is 0 Å². The summed E-state index contributed by atoms with van der Waals surface area (Å²) < 4.78 is 0. The summed E-state index contributed by atoms with van der Waals surface area (Å²) in [5.74, 6) is -0.548. The molecular weight excluding hydrogens is 380 g/mol. The van der Waals surface area contributed by atoms with Gasteiger partial charge in [-0.25, -0.2) is 4.79 Å². The third-order valence-corrected chi connectivity index (χ3v) is 5.31. The fourth-order valence-electron chi connectivity index (χ4n) is 3.62. The number of hydrogen-bond acceptors (Lipinski definition) is 4. The number of nitrogens with zero attached hydrogens (tertiary/aromatic N) is 2. The first-order valence-electron chi connectivity index (χ1n) is 10.3. The molecule has 0 unspecified atom stereocenters. The van der Waals surface area contributed by atoms with Crippen molar-refractivity contribution in [2.45, 2.75) is 27.2 Å². The number of benzene rings is 2. The van der Waals surface area contributed by atoms with E-state index in [1.165, 1.54) is 4.90 Å². The quantitative estimate of drug-likeness (QED) is 0.516. The Morgan fingerprint density at radius 2 is 1.63 bits per heavy atom. The lowest BCUT2D eigenvalue weighted by Crippen LogP contribution is -2.35. The molecular formula is C23H28N4O3. The molecule has 4 amide bonds. The summed E-state index contributed by atoms with van der Waals surface area (Å²) in [6, 6.07) is 12.5. The van der Waals surface area contributed by atoms with Gasteiger partial charge in [0.1, 0.15) is 0 Å². The van der Waals surface area contributed by atoms with Gasteiger partial charge in [-0.3, -0.25) is 14.5 Å². The molecule has 2 aromatic carbocycles. The van der Waals surface area contributed by atoms with E-state index in [0.717, 1.165) is 30.0 Å². The van der Waals surface area contributed by atoms with E-state index < -0.39 is 0 Å². The van der Waals surface area contributed by atoms with Crippen LogP contribution in [0.15, 0.2) is 42.5 Å². The van der Waals surface area contributed by atoms with Crippen molar-refractivity contribution in [3.05, 3.63) is 59.2 Å². The first kappa shape index (κ1) is 21.4. The molecule has 0 aromatic heterocycles. The molecule has 3 rings (SSSR count). The van der Waals surface area contributed by atoms with Crippen LogP contribution < -0.4 is 15.5 Å². The summed E-state index contributed by atoms with van der Waals surface area (Å²) in [7, 11) is 0. The molecule has 0 saturated carbocycles. The van der Waals surface area contributed by atoms with Crippen molar-refractivity contribution in [1.29, 1.82) is 0 Å². The highest BCUT2D eigenvalue weighted by Crippen LogP contribution is 2.23. The molecule has 0 bridgehead atoms. The van der Waals surface area contributed by atoms with E-state index in [2.05, 4.69) is 35.4 Å². The van der Waals surface area contributed by atoms with Gasteiger partial charge in [-0.2, -0.15) is 0 Å². The average Bonchev–Trinajstić information content (AvgIpc) is 2.99. The predicted octanol–water partition coefficient (Wildman–Crippen LogP) is 3.65. The van der Waals surface area contributed by atoms with Crippen molar-refractivity contribution < 1.29 is 14.4 Å².